The number of nitrogens with zero attached hydrogens (tertiary/aromatic N) is 1. The first kappa shape index (κ1) is 9.19. The van der Waals surface area contributed by atoms with Crippen molar-refractivity contribution in [2.75, 3.05) is 6.61 Å². The van der Waals surface area contributed by atoms with Crippen LogP contribution in [0.4, 0.5) is 0 Å². The summed E-state index contributed by atoms with van der Waals surface area (Å²) < 4.78 is 5.21. The number of nitriles is 1. The first-order chi connectivity index (χ1) is 4.81. The zero-order chi connectivity index (χ0) is 7.82. The molecule has 0 aliphatic carbocycles. The van der Waals surface area contributed by atoms with E-state index in [0.29, 0.717) is 13.0 Å². The molecule has 0 fully saturated rings. The molecule has 0 aliphatic heterocycles. The van der Waals surface area contributed by atoms with E-state index in [1.165, 1.54) is 0 Å². The van der Waals surface area contributed by atoms with Crippen molar-refractivity contribution < 1.29 is 4.74 Å². The van der Waals surface area contributed by atoms with Crippen molar-refractivity contribution in [3.05, 3.63) is 12.2 Å². The van der Waals surface area contributed by atoms with E-state index in [2.05, 4.69) is 0 Å². The highest BCUT2D eigenvalue weighted by Crippen LogP contribution is 1.94. The standard InChI is InChI=1S/C8H13NO/c1-3-4-7-10-8(2)5-6-9/h3-4,8H,5,7H2,1-2H3. The van der Waals surface area contributed by atoms with Crippen LogP contribution in [0.1, 0.15) is 20.3 Å². The van der Waals surface area contributed by atoms with Gasteiger partial charge in [0, 0.05) is 0 Å². The van der Waals surface area contributed by atoms with Crippen LogP contribution in [0.15, 0.2) is 12.2 Å². The highest BCUT2D eigenvalue weighted by molar-refractivity contribution is 4.78. The lowest BCUT2D eigenvalue weighted by Crippen LogP contribution is -2.06. The minimum atomic E-state index is 0.0567. The summed E-state index contributed by atoms with van der Waals surface area (Å²) >= 11 is 0. The minimum Gasteiger partial charge on any atom is -0.373 e. The zero-order valence-electron chi connectivity index (χ0n) is 6.50. The third-order valence-electron chi connectivity index (χ3n) is 1.09. The van der Waals surface area contributed by atoms with Crippen LogP contribution in [-0.4, -0.2) is 12.7 Å². The van der Waals surface area contributed by atoms with Gasteiger partial charge in [-0.25, -0.2) is 0 Å². The molecule has 1 unspecified atom stereocenters. The van der Waals surface area contributed by atoms with Gasteiger partial charge in [0.05, 0.1) is 25.2 Å². The van der Waals surface area contributed by atoms with Crippen molar-refractivity contribution in [2.45, 2.75) is 26.4 Å². The molecule has 2 heteroatoms. The number of allylic oxidation sites excluding steroid dienone is 1. The molecular weight excluding hydrogens is 126 g/mol. The molecule has 0 heterocycles. The van der Waals surface area contributed by atoms with Gasteiger partial charge in [0.15, 0.2) is 0 Å². The van der Waals surface area contributed by atoms with Crippen molar-refractivity contribution in [1.29, 1.82) is 5.26 Å². The van der Waals surface area contributed by atoms with E-state index in [0.717, 1.165) is 0 Å². The zero-order valence-corrected chi connectivity index (χ0v) is 6.50. The molecule has 10 heavy (non-hydrogen) atoms. The Labute approximate surface area is 62.1 Å². The molecule has 0 spiro atoms. The maximum atomic E-state index is 8.25. The Hall–Kier alpha value is -0.810. The Balaban J connectivity index is 3.23. The molecule has 56 valence electrons. The predicted octanol–water partition coefficient (Wildman–Crippen LogP) is 1.88. The third kappa shape index (κ3) is 5.33. The Morgan fingerprint density at radius 2 is 2.40 bits per heavy atom. The van der Waals surface area contributed by atoms with Crippen LogP contribution in [-0.2, 0) is 4.74 Å². The third-order valence-corrected chi connectivity index (χ3v) is 1.09. The van der Waals surface area contributed by atoms with E-state index in [-0.39, 0.29) is 6.10 Å². The molecule has 0 saturated heterocycles. The van der Waals surface area contributed by atoms with Crippen LogP contribution in [0, 0.1) is 11.3 Å². The lowest BCUT2D eigenvalue weighted by atomic mass is 10.3. The van der Waals surface area contributed by atoms with Gasteiger partial charge in [-0.1, -0.05) is 12.2 Å². The SMILES string of the molecule is CC=CCOC(C)CC#N. The smallest absolute Gasteiger partial charge is 0.0681 e. The number of hydrogen-bond acceptors (Lipinski definition) is 2. The lowest BCUT2D eigenvalue weighted by Gasteiger charge is -2.05. The largest absolute Gasteiger partial charge is 0.373 e. The second kappa shape index (κ2) is 6.31. The molecule has 0 aromatic carbocycles. The highest BCUT2D eigenvalue weighted by Gasteiger charge is 1.96. The van der Waals surface area contributed by atoms with Crippen molar-refractivity contribution in [3.8, 4) is 6.07 Å². The summed E-state index contributed by atoms with van der Waals surface area (Å²) in [5.74, 6) is 0. The molecule has 0 amide bonds. The summed E-state index contributed by atoms with van der Waals surface area (Å²) in [7, 11) is 0. The minimum absolute atomic E-state index is 0.0567. The quantitative estimate of drug-likeness (QED) is 0.557. The van der Waals surface area contributed by atoms with Crippen LogP contribution >= 0.6 is 0 Å². The average molecular weight is 139 g/mol. The van der Waals surface area contributed by atoms with Crippen molar-refractivity contribution in [2.24, 2.45) is 0 Å². The number of hydrogen-bond donors (Lipinski definition) is 0. The molecule has 0 aromatic rings. The van der Waals surface area contributed by atoms with Gasteiger partial charge in [-0.2, -0.15) is 5.26 Å². The monoisotopic (exact) mass is 139 g/mol. The van der Waals surface area contributed by atoms with Gasteiger partial charge >= 0.3 is 0 Å². The summed E-state index contributed by atoms with van der Waals surface area (Å²) in [6.45, 7) is 4.45. The van der Waals surface area contributed by atoms with Gasteiger partial charge in [-0.15, -0.1) is 0 Å². The fourth-order valence-corrected chi connectivity index (χ4v) is 0.504. The highest BCUT2D eigenvalue weighted by atomic mass is 16.5. The van der Waals surface area contributed by atoms with Crippen molar-refractivity contribution in [1.82, 2.24) is 0 Å². The summed E-state index contributed by atoms with van der Waals surface area (Å²) in [4.78, 5) is 0. The second-order valence-corrected chi connectivity index (χ2v) is 2.08. The average Bonchev–Trinajstić information content (AvgIpc) is 1.89. The molecule has 0 radical (unpaired) electrons. The first-order valence-corrected chi connectivity index (χ1v) is 3.41. The number of rotatable bonds is 4. The van der Waals surface area contributed by atoms with Crippen molar-refractivity contribution >= 4 is 0 Å². The van der Waals surface area contributed by atoms with Gasteiger partial charge in [-0.3, -0.25) is 0 Å². The molecule has 0 aromatic heterocycles. The molecule has 0 N–H and O–H groups in total. The van der Waals surface area contributed by atoms with Crippen molar-refractivity contribution in [3.63, 3.8) is 0 Å². The Morgan fingerprint density at radius 3 is 2.90 bits per heavy atom. The molecule has 0 aliphatic rings. The second-order valence-electron chi connectivity index (χ2n) is 2.08. The van der Waals surface area contributed by atoms with Gasteiger partial charge in [-0.05, 0) is 13.8 Å². The van der Waals surface area contributed by atoms with Gasteiger partial charge < -0.3 is 4.74 Å². The lowest BCUT2D eigenvalue weighted by molar-refractivity contribution is 0.0919. The molecule has 0 bridgehead atoms. The maximum absolute atomic E-state index is 8.25. The fourth-order valence-electron chi connectivity index (χ4n) is 0.504. The summed E-state index contributed by atoms with van der Waals surface area (Å²) in [6.07, 6.45) is 4.38. The molecular formula is C8H13NO. The predicted molar refractivity (Wildman–Crippen MR) is 40.5 cm³/mol. The van der Waals surface area contributed by atoms with E-state index in [9.17, 15) is 0 Å². The summed E-state index contributed by atoms with van der Waals surface area (Å²) in [6, 6.07) is 2.05. The Morgan fingerprint density at radius 1 is 1.70 bits per heavy atom. The normalized spacial score (nSPS) is 13.3. The van der Waals surface area contributed by atoms with Crippen LogP contribution in [0.3, 0.4) is 0 Å². The van der Waals surface area contributed by atoms with Gasteiger partial charge in [0.1, 0.15) is 0 Å². The van der Waals surface area contributed by atoms with Crippen LogP contribution in [0.25, 0.3) is 0 Å². The van der Waals surface area contributed by atoms with E-state index >= 15 is 0 Å². The first-order valence-electron chi connectivity index (χ1n) is 3.41. The molecule has 0 rings (SSSR count). The molecule has 2 nitrogen and oxygen atoms in total. The van der Waals surface area contributed by atoms with E-state index < -0.39 is 0 Å². The van der Waals surface area contributed by atoms with Gasteiger partial charge in [0.25, 0.3) is 0 Å². The van der Waals surface area contributed by atoms with Crippen LogP contribution in [0.5, 0.6) is 0 Å². The van der Waals surface area contributed by atoms with Gasteiger partial charge in [0.2, 0.25) is 0 Å². The fraction of sp³-hybridized carbons (Fsp3) is 0.625. The number of ether oxygens (including phenoxy) is 1. The van der Waals surface area contributed by atoms with E-state index in [1.807, 2.05) is 32.1 Å². The Bertz CT molecular complexity index is 135. The molecule has 0 saturated carbocycles. The Kier molecular flexibility index (Phi) is 5.80. The topological polar surface area (TPSA) is 33.0 Å². The van der Waals surface area contributed by atoms with Crippen LogP contribution < -0.4 is 0 Å². The van der Waals surface area contributed by atoms with Crippen LogP contribution in [0.2, 0.25) is 0 Å². The summed E-state index contributed by atoms with van der Waals surface area (Å²) in [5.41, 5.74) is 0. The summed E-state index contributed by atoms with van der Waals surface area (Å²) in [5, 5.41) is 8.25. The van der Waals surface area contributed by atoms with E-state index in [4.69, 9.17) is 10.00 Å². The maximum Gasteiger partial charge on any atom is 0.0681 e. The van der Waals surface area contributed by atoms with E-state index in [1.54, 1.807) is 0 Å². The molecule has 1 atom stereocenters.